The quantitative estimate of drug-likeness (QED) is 0.833. The van der Waals surface area contributed by atoms with Gasteiger partial charge in [-0.25, -0.2) is 0 Å². The second-order valence-electron chi connectivity index (χ2n) is 5.25. The van der Waals surface area contributed by atoms with Crippen LogP contribution in [0.5, 0.6) is 17.5 Å². The molecule has 2 rings (SSSR count). The molecule has 2 N–H and O–H groups in total. The Kier molecular flexibility index (Phi) is 4.68. The molecule has 0 bridgehead atoms. The number of nitrogens with zero attached hydrogens (tertiary/aromatic N) is 1. The Labute approximate surface area is 125 Å². The molecule has 0 spiro atoms. The fourth-order valence-corrected chi connectivity index (χ4v) is 2.05. The number of pyridine rings is 1. The van der Waals surface area contributed by atoms with Gasteiger partial charge in [0.15, 0.2) is 0 Å². The Balaban J connectivity index is 2.34. The molecule has 0 radical (unpaired) electrons. The zero-order valence-electron chi connectivity index (χ0n) is 13.0. The Bertz CT molecular complexity index is 624. The van der Waals surface area contributed by atoms with Gasteiger partial charge in [-0.15, -0.1) is 0 Å². The number of rotatable bonds is 5. The number of anilines is 1. The van der Waals surface area contributed by atoms with Gasteiger partial charge in [0.25, 0.3) is 0 Å². The first kappa shape index (κ1) is 15.2. The number of nitrogen functional groups attached to an aromatic ring is 1. The van der Waals surface area contributed by atoms with Crippen LogP contribution in [0, 0.1) is 6.92 Å². The summed E-state index contributed by atoms with van der Waals surface area (Å²) in [6.45, 7) is 8.70. The van der Waals surface area contributed by atoms with Crippen molar-refractivity contribution in [2.24, 2.45) is 0 Å². The molecule has 1 heterocycles. The van der Waals surface area contributed by atoms with Crippen LogP contribution in [0.25, 0.3) is 0 Å². The topological polar surface area (TPSA) is 57.4 Å². The first-order chi connectivity index (χ1) is 10.0. The van der Waals surface area contributed by atoms with Crippen LogP contribution in [0.2, 0.25) is 0 Å². The van der Waals surface area contributed by atoms with Gasteiger partial charge < -0.3 is 15.2 Å². The van der Waals surface area contributed by atoms with Gasteiger partial charge in [-0.3, -0.25) is 0 Å². The first-order valence-corrected chi connectivity index (χ1v) is 7.19. The maximum atomic E-state index is 5.99. The number of ether oxygens (including phenoxy) is 2. The summed E-state index contributed by atoms with van der Waals surface area (Å²) < 4.78 is 11.3. The van der Waals surface area contributed by atoms with Crippen molar-refractivity contribution in [3.05, 3.63) is 41.5 Å². The van der Waals surface area contributed by atoms with Crippen LogP contribution in [0.15, 0.2) is 30.3 Å². The van der Waals surface area contributed by atoms with E-state index in [4.69, 9.17) is 15.2 Å². The summed E-state index contributed by atoms with van der Waals surface area (Å²) in [6, 6.07) is 9.43. The van der Waals surface area contributed by atoms with Crippen LogP contribution < -0.4 is 15.2 Å². The summed E-state index contributed by atoms with van der Waals surface area (Å²) in [5.74, 6) is 2.19. The summed E-state index contributed by atoms with van der Waals surface area (Å²) in [7, 11) is 0. The minimum atomic E-state index is 0.318. The van der Waals surface area contributed by atoms with Gasteiger partial charge in [0.05, 0.1) is 6.61 Å². The average molecular weight is 286 g/mol. The van der Waals surface area contributed by atoms with Crippen molar-refractivity contribution in [3.63, 3.8) is 0 Å². The van der Waals surface area contributed by atoms with Crippen molar-refractivity contribution >= 4 is 5.69 Å². The maximum Gasteiger partial charge on any atom is 0.222 e. The molecular weight excluding hydrogens is 264 g/mol. The lowest BCUT2D eigenvalue weighted by molar-refractivity contribution is 0.320. The van der Waals surface area contributed by atoms with Crippen molar-refractivity contribution in [1.29, 1.82) is 0 Å². The number of benzene rings is 1. The number of aromatic nitrogens is 1. The molecule has 0 aliphatic carbocycles. The van der Waals surface area contributed by atoms with Crippen LogP contribution in [0.1, 0.15) is 37.8 Å². The van der Waals surface area contributed by atoms with Crippen molar-refractivity contribution in [1.82, 2.24) is 4.98 Å². The molecule has 0 saturated carbocycles. The summed E-state index contributed by atoms with van der Waals surface area (Å²) in [5, 5.41) is 0. The van der Waals surface area contributed by atoms with Crippen LogP contribution in [0.4, 0.5) is 5.69 Å². The summed E-state index contributed by atoms with van der Waals surface area (Å²) in [6.07, 6.45) is 0. The van der Waals surface area contributed by atoms with E-state index in [1.165, 1.54) is 0 Å². The summed E-state index contributed by atoms with van der Waals surface area (Å²) in [4.78, 5) is 4.33. The predicted octanol–water partition coefficient (Wildman–Crippen LogP) is 4.29. The van der Waals surface area contributed by atoms with Crippen LogP contribution in [-0.2, 0) is 0 Å². The summed E-state index contributed by atoms with van der Waals surface area (Å²) >= 11 is 0. The maximum absolute atomic E-state index is 5.99. The molecule has 0 fully saturated rings. The second-order valence-corrected chi connectivity index (χ2v) is 5.25. The first-order valence-electron chi connectivity index (χ1n) is 7.19. The number of nitrogens with two attached hydrogens (primary N) is 1. The lowest BCUT2D eigenvalue weighted by Gasteiger charge is -2.16. The Hall–Kier alpha value is -2.23. The minimum absolute atomic E-state index is 0.318. The van der Waals surface area contributed by atoms with E-state index < -0.39 is 0 Å². The van der Waals surface area contributed by atoms with E-state index in [9.17, 15) is 0 Å². The fraction of sp³-hybridized carbons (Fsp3) is 0.353. The molecule has 0 unspecified atom stereocenters. The standard InChI is InChI=1S/C17H22N2O2/c1-5-20-16-7-6-8-17(19-16)21-15-9-12(4)14(18)10-13(15)11(2)3/h6-11H,5,18H2,1-4H3. The Morgan fingerprint density at radius 3 is 2.57 bits per heavy atom. The van der Waals surface area contributed by atoms with Gasteiger partial charge >= 0.3 is 0 Å². The Morgan fingerprint density at radius 2 is 1.90 bits per heavy atom. The molecule has 21 heavy (non-hydrogen) atoms. The SMILES string of the molecule is CCOc1cccc(Oc2cc(C)c(N)cc2C(C)C)n1. The third-order valence-electron chi connectivity index (χ3n) is 3.23. The fourth-order valence-electron chi connectivity index (χ4n) is 2.05. The van der Waals surface area contributed by atoms with E-state index in [0.29, 0.717) is 24.3 Å². The van der Waals surface area contributed by atoms with Gasteiger partial charge in [-0.1, -0.05) is 19.9 Å². The lowest BCUT2D eigenvalue weighted by atomic mass is 9.99. The van der Waals surface area contributed by atoms with Gasteiger partial charge in [0.1, 0.15) is 5.75 Å². The highest BCUT2D eigenvalue weighted by atomic mass is 16.5. The molecular formula is C17H22N2O2. The van der Waals surface area contributed by atoms with E-state index in [-0.39, 0.29) is 0 Å². The number of hydrogen-bond acceptors (Lipinski definition) is 4. The summed E-state index contributed by atoms with van der Waals surface area (Å²) in [5.41, 5.74) is 8.84. The van der Waals surface area contributed by atoms with Crippen LogP contribution in [-0.4, -0.2) is 11.6 Å². The highest BCUT2D eigenvalue weighted by molar-refractivity contribution is 5.55. The normalized spacial score (nSPS) is 10.7. The van der Waals surface area contributed by atoms with Crippen molar-refractivity contribution in [3.8, 4) is 17.5 Å². The molecule has 4 heteroatoms. The molecule has 0 amide bonds. The second kappa shape index (κ2) is 6.48. The third-order valence-corrected chi connectivity index (χ3v) is 3.23. The highest BCUT2D eigenvalue weighted by Crippen LogP contribution is 2.33. The van der Waals surface area contributed by atoms with E-state index in [0.717, 1.165) is 22.6 Å². The molecule has 112 valence electrons. The highest BCUT2D eigenvalue weighted by Gasteiger charge is 2.12. The number of hydrogen-bond donors (Lipinski definition) is 1. The van der Waals surface area contributed by atoms with Crippen LogP contribution >= 0.6 is 0 Å². The van der Waals surface area contributed by atoms with Crippen LogP contribution in [0.3, 0.4) is 0 Å². The molecule has 2 aromatic rings. The molecule has 0 aliphatic heterocycles. The third kappa shape index (κ3) is 3.66. The average Bonchev–Trinajstić information content (AvgIpc) is 2.43. The lowest BCUT2D eigenvalue weighted by Crippen LogP contribution is -2.00. The van der Waals surface area contributed by atoms with E-state index in [1.807, 2.05) is 44.2 Å². The molecule has 1 aromatic carbocycles. The molecule has 0 aliphatic rings. The molecule has 0 atom stereocenters. The van der Waals surface area contributed by atoms with E-state index in [1.54, 1.807) is 0 Å². The zero-order chi connectivity index (χ0) is 15.4. The van der Waals surface area contributed by atoms with Crippen molar-refractivity contribution in [2.45, 2.75) is 33.6 Å². The van der Waals surface area contributed by atoms with E-state index in [2.05, 4.69) is 18.8 Å². The van der Waals surface area contributed by atoms with Gasteiger partial charge in [0.2, 0.25) is 11.8 Å². The smallest absolute Gasteiger partial charge is 0.222 e. The Morgan fingerprint density at radius 1 is 1.19 bits per heavy atom. The van der Waals surface area contributed by atoms with Crippen molar-refractivity contribution < 1.29 is 9.47 Å². The molecule has 0 saturated heterocycles. The number of aryl methyl sites for hydroxylation is 1. The largest absolute Gasteiger partial charge is 0.478 e. The van der Waals surface area contributed by atoms with Crippen molar-refractivity contribution in [2.75, 3.05) is 12.3 Å². The monoisotopic (exact) mass is 286 g/mol. The van der Waals surface area contributed by atoms with E-state index >= 15 is 0 Å². The molecule has 1 aromatic heterocycles. The van der Waals surface area contributed by atoms with Gasteiger partial charge in [-0.2, -0.15) is 4.98 Å². The van der Waals surface area contributed by atoms with Gasteiger partial charge in [0, 0.05) is 17.8 Å². The van der Waals surface area contributed by atoms with Gasteiger partial charge in [-0.05, 0) is 43.0 Å². The molecule has 4 nitrogen and oxygen atoms in total. The predicted molar refractivity (Wildman–Crippen MR) is 85.2 cm³/mol. The minimum Gasteiger partial charge on any atom is -0.478 e. The zero-order valence-corrected chi connectivity index (χ0v) is 13.0.